The highest BCUT2D eigenvalue weighted by molar-refractivity contribution is 6.34. The number of amides is 1. The van der Waals surface area contributed by atoms with Crippen molar-refractivity contribution in [2.75, 3.05) is 5.32 Å². The number of carbonyl (C=O) groups is 1. The number of benzene rings is 2. The minimum Gasteiger partial charge on any atom is -0.325 e. The van der Waals surface area contributed by atoms with Crippen molar-refractivity contribution < 1.29 is 9.72 Å². The van der Waals surface area contributed by atoms with E-state index in [1.54, 1.807) is 18.2 Å². The molecule has 0 aromatic heterocycles. The van der Waals surface area contributed by atoms with Gasteiger partial charge < -0.3 is 5.32 Å². The van der Waals surface area contributed by atoms with E-state index in [-0.39, 0.29) is 11.6 Å². The predicted octanol–water partition coefficient (Wildman–Crippen LogP) is 3.78. The fourth-order valence-corrected chi connectivity index (χ4v) is 2.82. The van der Waals surface area contributed by atoms with Gasteiger partial charge in [0.2, 0.25) is 5.91 Å². The van der Waals surface area contributed by atoms with Crippen LogP contribution in [0.25, 0.3) is 11.1 Å². The van der Waals surface area contributed by atoms with Crippen molar-refractivity contribution in [2.24, 2.45) is 0 Å². The molecule has 0 saturated heterocycles. The summed E-state index contributed by atoms with van der Waals surface area (Å²) >= 11 is 6.18. The lowest BCUT2D eigenvalue weighted by atomic mass is 10.0. The third-order valence-electron chi connectivity index (χ3n) is 3.47. The molecule has 1 N–H and O–H groups in total. The number of anilines is 1. The van der Waals surface area contributed by atoms with E-state index in [2.05, 4.69) is 5.32 Å². The summed E-state index contributed by atoms with van der Waals surface area (Å²) in [7, 11) is 0. The van der Waals surface area contributed by atoms with Gasteiger partial charge >= 0.3 is 0 Å². The number of carbonyl (C=O) groups excluding carboxylic acids is 1. The first-order chi connectivity index (χ1) is 9.95. The number of nitro groups is 1. The largest absolute Gasteiger partial charge is 0.325 e. The van der Waals surface area contributed by atoms with Crippen LogP contribution in [-0.4, -0.2) is 10.8 Å². The number of halogens is 1. The molecule has 3 rings (SSSR count). The first-order valence-corrected chi connectivity index (χ1v) is 6.71. The molecular formula is C15H11ClN2O3. The van der Waals surface area contributed by atoms with Crippen LogP contribution >= 0.6 is 11.6 Å². The zero-order chi connectivity index (χ0) is 15.1. The molecule has 1 amide bonds. The molecule has 5 nitrogen and oxygen atoms in total. The van der Waals surface area contributed by atoms with Gasteiger partial charge in [-0.1, -0.05) is 11.6 Å². The predicted molar refractivity (Wildman–Crippen MR) is 80.7 cm³/mol. The maximum absolute atomic E-state index is 11.2. The van der Waals surface area contributed by atoms with E-state index in [0.717, 1.165) is 22.3 Å². The summed E-state index contributed by atoms with van der Waals surface area (Å²) in [5.74, 6) is -0.192. The van der Waals surface area contributed by atoms with Crippen LogP contribution in [-0.2, 0) is 11.2 Å². The maximum Gasteiger partial charge on any atom is 0.269 e. The van der Waals surface area contributed by atoms with Crippen molar-refractivity contribution >= 4 is 28.9 Å². The van der Waals surface area contributed by atoms with Crippen molar-refractivity contribution in [3.05, 3.63) is 56.6 Å². The Morgan fingerprint density at radius 1 is 1.24 bits per heavy atom. The number of nitrogens with one attached hydrogen (secondary N) is 1. The molecule has 2 aromatic rings. The molecule has 0 atom stereocenters. The molecule has 0 spiro atoms. The molecule has 0 heterocycles. The van der Waals surface area contributed by atoms with E-state index in [4.69, 9.17) is 11.6 Å². The number of non-ortho nitro benzene ring substituents is 1. The van der Waals surface area contributed by atoms with Crippen LogP contribution in [0.4, 0.5) is 11.4 Å². The monoisotopic (exact) mass is 302 g/mol. The molecule has 0 saturated carbocycles. The molecular weight excluding hydrogens is 292 g/mol. The highest BCUT2D eigenvalue weighted by Crippen LogP contribution is 2.41. The van der Waals surface area contributed by atoms with Gasteiger partial charge in [0.25, 0.3) is 5.69 Å². The van der Waals surface area contributed by atoms with Gasteiger partial charge in [-0.3, -0.25) is 14.9 Å². The van der Waals surface area contributed by atoms with Gasteiger partial charge in [-0.25, -0.2) is 0 Å². The van der Waals surface area contributed by atoms with Gasteiger partial charge in [0.1, 0.15) is 0 Å². The maximum atomic E-state index is 11.2. The average molecular weight is 303 g/mol. The van der Waals surface area contributed by atoms with Gasteiger partial charge in [-0.05, 0) is 46.9 Å². The summed E-state index contributed by atoms with van der Waals surface area (Å²) < 4.78 is 0. The van der Waals surface area contributed by atoms with E-state index in [1.807, 2.05) is 6.07 Å². The number of hydrogen-bond donors (Lipinski definition) is 1. The van der Waals surface area contributed by atoms with Crippen molar-refractivity contribution in [1.29, 1.82) is 0 Å². The Balaban J connectivity index is 2.07. The molecule has 106 valence electrons. The Morgan fingerprint density at radius 3 is 2.62 bits per heavy atom. The second-order valence-corrected chi connectivity index (χ2v) is 5.35. The number of rotatable bonds is 2. The second-order valence-electron chi connectivity index (χ2n) is 4.95. The average Bonchev–Trinajstić information content (AvgIpc) is 2.75. The number of hydrogen-bond acceptors (Lipinski definition) is 3. The van der Waals surface area contributed by atoms with Crippen molar-refractivity contribution in [3.63, 3.8) is 0 Å². The Morgan fingerprint density at radius 2 is 1.95 bits per heavy atom. The lowest BCUT2D eigenvalue weighted by Crippen LogP contribution is -2.06. The quantitative estimate of drug-likeness (QED) is 0.578. The highest BCUT2D eigenvalue weighted by Gasteiger charge is 2.22. The minimum atomic E-state index is -0.404. The summed E-state index contributed by atoms with van der Waals surface area (Å²) in [6.45, 7) is 1.42. The Hall–Kier alpha value is -2.40. The number of fused-ring (bicyclic) bond motifs is 3. The molecule has 1 aliphatic rings. The standard InChI is InChI=1S/C15H11ClN2O3/c1-8(19)17-15-6-10-4-9-5-11(18(20)21)2-3-12(9)13(10)7-14(15)16/h2-3,5-7H,4H2,1H3,(H,17,19). The van der Waals surface area contributed by atoms with Gasteiger partial charge in [0, 0.05) is 19.1 Å². The fourth-order valence-electron chi connectivity index (χ4n) is 2.61. The Bertz CT molecular complexity index is 787. The van der Waals surface area contributed by atoms with Crippen LogP contribution in [0.2, 0.25) is 5.02 Å². The van der Waals surface area contributed by atoms with Crippen LogP contribution < -0.4 is 5.32 Å². The van der Waals surface area contributed by atoms with Crippen LogP contribution in [0.3, 0.4) is 0 Å². The Labute approximate surface area is 125 Å². The molecule has 0 unspecified atom stereocenters. The van der Waals surface area contributed by atoms with Crippen LogP contribution in [0, 0.1) is 10.1 Å². The van der Waals surface area contributed by atoms with Gasteiger partial charge in [0.05, 0.1) is 15.6 Å². The number of nitrogens with zero attached hydrogens (tertiary/aromatic N) is 1. The van der Waals surface area contributed by atoms with E-state index >= 15 is 0 Å². The first kappa shape index (κ1) is 13.6. The second kappa shape index (κ2) is 4.86. The minimum absolute atomic E-state index is 0.0785. The first-order valence-electron chi connectivity index (χ1n) is 6.33. The zero-order valence-electron chi connectivity index (χ0n) is 11.1. The molecule has 2 aromatic carbocycles. The van der Waals surface area contributed by atoms with E-state index < -0.39 is 4.92 Å². The molecule has 1 aliphatic carbocycles. The molecule has 0 fully saturated rings. The van der Waals surface area contributed by atoms with Gasteiger partial charge in [-0.15, -0.1) is 0 Å². The topological polar surface area (TPSA) is 72.2 Å². The third kappa shape index (κ3) is 2.36. The highest BCUT2D eigenvalue weighted by atomic mass is 35.5. The van der Waals surface area contributed by atoms with Crippen LogP contribution in [0.1, 0.15) is 18.1 Å². The number of nitro benzene ring substituents is 1. The molecule has 0 radical (unpaired) electrons. The molecule has 6 heteroatoms. The summed E-state index contributed by atoms with van der Waals surface area (Å²) in [5.41, 5.74) is 4.44. The SMILES string of the molecule is CC(=O)Nc1cc2c(cc1Cl)-c1ccc([N+](=O)[O-])cc1C2. The van der Waals surface area contributed by atoms with E-state index in [1.165, 1.54) is 13.0 Å². The van der Waals surface area contributed by atoms with E-state index in [0.29, 0.717) is 17.1 Å². The molecule has 0 bridgehead atoms. The fraction of sp³-hybridized carbons (Fsp3) is 0.133. The smallest absolute Gasteiger partial charge is 0.269 e. The third-order valence-corrected chi connectivity index (χ3v) is 3.79. The molecule has 21 heavy (non-hydrogen) atoms. The van der Waals surface area contributed by atoms with Crippen molar-refractivity contribution in [2.45, 2.75) is 13.3 Å². The van der Waals surface area contributed by atoms with Gasteiger partial charge in [-0.2, -0.15) is 0 Å². The summed E-state index contributed by atoms with van der Waals surface area (Å²) in [6.07, 6.45) is 0.593. The summed E-state index contributed by atoms with van der Waals surface area (Å²) in [6, 6.07) is 8.43. The summed E-state index contributed by atoms with van der Waals surface area (Å²) in [5, 5.41) is 14.0. The Kier molecular flexibility index (Phi) is 3.14. The zero-order valence-corrected chi connectivity index (χ0v) is 11.9. The lowest BCUT2D eigenvalue weighted by molar-refractivity contribution is -0.384. The van der Waals surface area contributed by atoms with E-state index in [9.17, 15) is 14.9 Å². The van der Waals surface area contributed by atoms with Crippen LogP contribution in [0.15, 0.2) is 30.3 Å². The normalized spacial score (nSPS) is 11.7. The van der Waals surface area contributed by atoms with Crippen LogP contribution in [0.5, 0.6) is 0 Å². The molecule has 0 aliphatic heterocycles. The summed E-state index contributed by atoms with van der Waals surface area (Å²) in [4.78, 5) is 21.6. The van der Waals surface area contributed by atoms with Crippen molar-refractivity contribution in [3.8, 4) is 11.1 Å². The van der Waals surface area contributed by atoms with Gasteiger partial charge in [0.15, 0.2) is 0 Å². The lowest BCUT2D eigenvalue weighted by Gasteiger charge is -2.08. The van der Waals surface area contributed by atoms with Crippen molar-refractivity contribution in [1.82, 2.24) is 0 Å².